The minimum absolute atomic E-state index is 0.0239. The third-order valence-corrected chi connectivity index (χ3v) is 1.89. The zero-order valence-corrected chi connectivity index (χ0v) is 7.40. The number of alkyl halides is 4. The first-order valence-electron chi connectivity index (χ1n) is 4.07. The molecule has 1 heterocycles. The van der Waals surface area contributed by atoms with Crippen LogP contribution in [0.4, 0.5) is 17.6 Å². The molecule has 0 saturated carbocycles. The van der Waals surface area contributed by atoms with Crippen molar-refractivity contribution < 1.29 is 27.2 Å². The van der Waals surface area contributed by atoms with Gasteiger partial charge in [-0.15, -0.1) is 0 Å². The Morgan fingerprint density at radius 2 is 2.13 bits per heavy atom. The van der Waals surface area contributed by atoms with E-state index >= 15 is 0 Å². The van der Waals surface area contributed by atoms with Crippen LogP contribution in [0.15, 0.2) is 0 Å². The third kappa shape index (κ3) is 2.57. The number of hydrogen-bond donors (Lipinski definition) is 2. The molecular weight excluding hydrogens is 220 g/mol. The average molecular weight is 228 g/mol. The van der Waals surface area contributed by atoms with E-state index < -0.39 is 30.2 Å². The topological polar surface area (TPSA) is 58.2 Å². The highest BCUT2D eigenvalue weighted by molar-refractivity contribution is 5.86. The van der Waals surface area contributed by atoms with Crippen LogP contribution in [-0.2, 0) is 9.59 Å². The van der Waals surface area contributed by atoms with E-state index in [4.69, 9.17) is 0 Å². The molecule has 1 aliphatic heterocycles. The van der Waals surface area contributed by atoms with Crippen LogP contribution in [0, 0.1) is 0 Å². The van der Waals surface area contributed by atoms with E-state index in [2.05, 4.69) is 5.32 Å². The van der Waals surface area contributed by atoms with Crippen LogP contribution in [0.25, 0.3) is 0 Å². The van der Waals surface area contributed by atoms with Crippen LogP contribution in [0.1, 0.15) is 6.42 Å². The standard InChI is InChI=1S/C7H8F4N2O2/c8-5(9)7(10,11)6(15)13-3-1-4(14)12-2-3/h3,5H,1-2H2,(H,12,14)(H,13,15). The molecule has 86 valence electrons. The van der Waals surface area contributed by atoms with Gasteiger partial charge in [0.25, 0.3) is 5.91 Å². The molecule has 1 saturated heterocycles. The normalized spacial score (nSPS) is 21.7. The van der Waals surface area contributed by atoms with Gasteiger partial charge >= 0.3 is 12.3 Å². The monoisotopic (exact) mass is 228 g/mol. The first-order chi connectivity index (χ1) is 6.84. The first kappa shape index (κ1) is 11.7. The summed E-state index contributed by atoms with van der Waals surface area (Å²) in [7, 11) is 0. The van der Waals surface area contributed by atoms with Crippen LogP contribution in [0.3, 0.4) is 0 Å². The predicted octanol–water partition coefficient (Wildman–Crippen LogP) is -0.108. The van der Waals surface area contributed by atoms with Crippen LogP contribution in [0.2, 0.25) is 0 Å². The van der Waals surface area contributed by atoms with Gasteiger partial charge in [0.1, 0.15) is 0 Å². The molecule has 0 aromatic carbocycles. The van der Waals surface area contributed by atoms with Crippen LogP contribution < -0.4 is 10.6 Å². The highest BCUT2D eigenvalue weighted by Crippen LogP contribution is 2.23. The summed E-state index contributed by atoms with van der Waals surface area (Å²) in [6, 6.07) is -0.852. The summed E-state index contributed by atoms with van der Waals surface area (Å²) in [4.78, 5) is 21.3. The van der Waals surface area contributed by atoms with Gasteiger partial charge in [-0.2, -0.15) is 8.78 Å². The molecule has 1 fully saturated rings. The fourth-order valence-electron chi connectivity index (χ4n) is 1.09. The van der Waals surface area contributed by atoms with Gasteiger partial charge in [0.15, 0.2) is 0 Å². The van der Waals surface area contributed by atoms with Crippen molar-refractivity contribution in [1.29, 1.82) is 0 Å². The van der Waals surface area contributed by atoms with E-state index in [-0.39, 0.29) is 13.0 Å². The average Bonchev–Trinajstić information content (AvgIpc) is 2.50. The summed E-state index contributed by atoms with van der Waals surface area (Å²) < 4.78 is 48.3. The number of halogens is 4. The molecule has 8 heteroatoms. The van der Waals surface area contributed by atoms with Crippen molar-refractivity contribution in [2.75, 3.05) is 6.54 Å². The zero-order chi connectivity index (χ0) is 11.6. The predicted molar refractivity (Wildman–Crippen MR) is 40.5 cm³/mol. The molecule has 0 aliphatic carbocycles. The number of nitrogens with one attached hydrogen (secondary N) is 2. The van der Waals surface area contributed by atoms with Crippen molar-refractivity contribution in [2.45, 2.75) is 24.8 Å². The Morgan fingerprint density at radius 1 is 1.53 bits per heavy atom. The number of hydrogen-bond acceptors (Lipinski definition) is 2. The van der Waals surface area contributed by atoms with E-state index in [1.807, 2.05) is 0 Å². The van der Waals surface area contributed by atoms with Crippen molar-refractivity contribution in [3.63, 3.8) is 0 Å². The van der Waals surface area contributed by atoms with Gasteiger partial charge in [0, 0.05) is 13.0 Å². The number of carbonyl (C=O) groups is 2. The lowest BCUT2D eigenvalue weighted by molar-refractivity contribution is -0.170. The molecule has 0 aromatic heterocycles. The van der Waals surface area contributed by atoms with Crippen molar-refractivity contribution in [2.24, 2.45) is 0 Å². The van der Waals surface area contributed by atoms with Crippen molar-refractivity contribution >= 4 is 11.8 Å². The highest BCUT2D eigenvalue weighted by atomic mass is 19.3. The fourth-order valence-corrected chi connectivity index (χ4v) is 1.09. The van der Waals surface area contributed by atoms with E-state index in [1.54, 1.807) is 5.32 Å². The van der Waals surface area contributed by atoms with E-state index in [1.165, 1.54) is 0 Å². The van der Waals surface area contributed by atoms with Gasteiger partial charge in [-0.1, -0.05) is 0 Å². The van der Waals surface area contributed by atoms with Gasteiger partial charge in [-0.25, -0.2) is 8.78 Å². The van der Waals surface area contributed by atoms with Crippen molar-refractivity contribution in [1.82, 2.24) is 10.6 Å². The maximum absolute atomic E-state index is 12.4. The molecule has 1 atom stereocenters. The molecular formula is C7H8F4N2O2. The Hall–Kier alpha value is -1.34. The van der Waals surface area contributed by atoms with Crippen LogP contribution >= 0.6 is 0 Å². The maximum atomic E-state index is 12.4. The highest BCUT2D eigenvalue weighted by Gasteiger charge is 2.49. The molecule has 1 rings (SSSR count). The summed E-state index contributed by atoms with van der Waals surface area (Å²) in [5.74, 6) is -7.19. The van der Waals surface area contributed by atoms with Crippen molar-refractivity contribution in [3.05, 3.63) is 0 Å². The Kier molecular flexibility index (Phi) is 3.15. The number of amides is 2. The lowest BCUT2D eigenvalue weighted by atomic mass is 10.2. The molecule has 2 N–H and O–H groups in total. The third-order valence-electron chi connectivity index (χ3n) is 1.89. The lowest BCUT2D eigenvalue weighted by Gasteiger charge is -2.17. The maximum Gasteiger partial charge on any atom is 0.383 e. The zero-order valence-electron chi connectivity index (χ0n) is 7.40. The number of rotatable bonds is 3. The SMILES string of the molecule is O=C1CC(NC(=O)C(F)(F)C(F)F)CN1. The molecule has 0 bridgehead atoms. The van der Waals surface area contributed by atoms with Gasteiger partial charge in [-0.3, -0.25) is 9.59 Å². The Bertz CT molecular complexity index is 282. The first-order valence-corrected chi connectivity index (χ1v) is 4.07. The van der Waals surface area contributed by atoms with Gasteiger partial charge < -0.3 is 10.6 Å². The quantitative estimate of drug-likeness (QED) is 0.662. The number of carbonyl (C=O) groups excluding carboxylic acids is 2. The Labute approximate surface area is 82.0 Å². The molecule has 15 heavy (non-hydrogen) atoms. The van der Waals surface area contributed by atoms with Gasteiger partial charge in [0.05, 0.1) is 6.04 Å². The van der Waals surface area contributed by atoms with E-state index in [0.29, 0.717) is 0 Å². The van der Waals surface area contributed by atoms with E-state index in [0.717, 1.165) is 0 Å². The van der Waals surface area contributed by atoms with Crippen molar-refractivity contribution in [3.8, 4) is 0 Å². The van der Waals surface area contributed by atoms with Gasteiger partial charge in [-0.05, 0) is 0 Å². The molecule has 4 nitrogen and oxygen atoms in total. The molecule has 1 aliphatic rings. The molecule has 0 aromatic rings. The van der Waals surface area contributed by atoms with Crippen LogP contribution in [-0.4, -0.2) is 36.7 Å². The lowest BCUT2D eigenvalue weighted by Crippen LogP contribution is -2.49. The fraction of sp³-hybridized carbons (Fsp3) is 0.714. The van der Waals surface area contributed by atoms with E-state index in [9.17, 15) is 27.2 Å². The summed E-state index contributed by atoms with van der Waals surface area (Å²) in [6.45, 7) is -0.0239. The second-order valence-corrected chi connectivity index (χ2v) is 3.10. The second kappa shape index (κ2) is 4.03. The van der Waals surface area contributed by atoms with Gasteiger partial charge in [0.2, 0.25) is 5.91 Å². The molecule has 0 radical (unpaired) electrons. The summed E-state index contributed by atoms with van der Waals surface area (Å²) in [5, 5.41) is 3.95. The minimum atomic E-state index is -4.72. The molecule has 0 spiro atoms. The van der Waals surface area contributed by atoms with Crippen LogP contribution in [0.5, 0.6) is 0 Å². The minimum Gasteiger partial charge on any atom is -0.354 e. The molecule has 2 amide bonds. The largest absolute Gasteiger partial charge is 0.383 e. The summed E-state index contributed by atoms with van der Waals surface area (Å²) >= 11 is 0. The summed E-state index contributed by atoms with van der Waals surface area (Å²) in [6.07, 6.45) is -4.23. The summed E-state index contributed by atoms with van der Waals surface area (Å²) in [5.41, 5.74) is 0. The second-order valence-electron chi connectivity index (χ2n) is 3.10. The Balaban J connectivity index is 2.52. The Morgan fingerprint density at radius 3 is 2.53 bits per heavy atom. The smallest absolute Gasteiger partial charge is 0.354 e. The molecule has 1 unspecified atom stereocenters.